The minimum absolute atomic E-state index is 0.238. The van der Waals surface area contributed by atoms with E-state index in [1.54, 1.807) is 12.1 Å². The molecule has 3 aromatic rings. The first-order valence-electron chi connectivity index (χ1n) is 10.8. The molecule has 2 aromatic carbocycles. The molecule has 6 heteroatoms. The standard InChI is InChI=1S/C25H27ClFN3O/c26-20-6-10-24-23(17-20)25(28-11-1-2-12-30-13-15-31-16-14-30)18-22(29-24)9-5-19-3-7-21(27)8-4-19/h3-10,17-18H,1-2,11-16H2,(H,28,29)/b9-5+. The highest BCUT2D eigenvalue weighted by Gasteiger charge is 2.09. The summed E-state index contributed by atoms with van der Waals surface area (Å²) < 4.78 is 18.5. The van der Waals surface area contributed by atoms with Gasteiger partial charge in [0.15, 0.2) is 0 Å². The Hall–Kier alpha value is -2.47. The highest BCUT2D eigenvalue weighted by atomic mass is 35.5. The summed E-state index contributed by atoms with van der Waals surface area (Å²) in [6.07, 6.45) is 6.12. The number of rotatable bonds is 8. The number of hydrogen-bond donors (Lipinski definition) is 1. The van der Waals surface area contributed by atoms with Gasteiger partial charge in [-0.25, -0.2) is 9.37 Å². The molecule has 0 amide bonds. The average Bonchev–Trinajstić information content (AvgIpc) is 2.79. The first kappa shape index (κ1) is 21.8. The van der Waals surface area contributed by atoms with E-state index in [1.165, 1.54) is 12.1 Å². The minimum Gasteiger partial charge on any atom is -0.384 e. The summed E-state index contributed by atoms with van der Waals surface area (Å²) in [6.45, 7) is 5.75. The fraction of sp³-hybridized carbons (Fsp3) is 0.320. The van der Waals surface area contributed by atoms with Crippen LogP contribution in [0.15, 0.2) is 48.5 Å². The van der Waals surface area contributed by atoms with Gasteiger partial charge in [0.1, 0.15) is 5.82 Å². The highest BCUT2D eigenvalue weighted by Crippen LogP contribution is 2.27. The van der Waals surface area contributed by atoms with Crippen LogP contribution in [-0.4, -0.2) is 49.3 Å². The molecule has 0 saturated carbocycles. The molecule has 1 fully saturated rings. The molecule has 162 valence electrons. The van der Waals surface area contributed by atoms with Crippen LogP contribution in [-0.2, 0) is 4.74 Å². The van der Waals surface area contributed by atoms with Gasteiger partial charge in [-0.1, -0.05) is 29.8 Å². The maximum atomic E-state index is 13.1. The lowest BCUT2D eigenvalue weighted by molar-refractivity contribution is 0.0373. The molecule has 1 aliphatic heterocycles. The van der Waals surface area contributed by atoms with E-state index in [2.05, 4.69) is 10.2 Å². The van der Waals surface area contributed by atoms with Crippen molar-refractivity contribution in [3.8, 4) is 0 Å². The van der Waals surface area contributed by atoms with Crippen molar-refractivity contribution in [2.24, 2.45) is 0 Å². The predicted octanol–water partition coefficient (Wildman–Crippen LogP) is 5.72. The third-order valence-electron chi connectivity index (χ3n) is 5.43. The second kappa shape index (κ2) is 10.7. The molecule has 1 aromatic heterocycles. The SMILES string of the molecule is Fc1ccc(/C=C/c2cc(NCCCCN3CCOCC3)c3cc(Cl)ccc3n2)cc1. The molecular formula is C25H27ClFN3O. The molecule has 0 atom stereocenters. The lowest BCUT2D eigenvalue weighted by atomic mass is 10.1. The van der Waals surface area contributed by atoms with Crippen molar-refractivity contribution in [2.45, 2.75) is 12.8 Å². The van der Waals surface area contributed by atoms with Crippen molar-refractivity contribution in [3.63, 3.8) is 0 Å². The van der Waals surface area contributed by atoms with Gasteiger partial charge in [0, 0.05) is 35.7 Å². The van der Waals surface area contributed by atoms with Crippen molar-refractivity contribution in [1.29, 1.82) is 0 Å². The smallest absolute Gasteiger partial charge is 0.123 e. The van der Waals surface area contributed by atoms with E-state index in [4.69, 9.17) is 21.3 Å². The number of unbranched alkanes of at least 4 members (excludes halogenated alkanes) is 1. The van der Waals surface area contributed by atoms with Gasteiger partial charge in [-0.3, -0.25) is 4.90 Å². The van der Waals surface area contributed by atoms with E-state index in [1.807, 2.05) is 36.4 Å². The molecule has 1 saturated heterocycles. The molecule has 4 rings (SSSR count). The second-order valence-electron chi connectivity index (χ2n) is 7.73. The normalized spacial score (nSPS) is 15.0. The molecule has 31 heavy (non-hydrogen) atoms. The number of morpholine rings is 1. The van der Waals surface area contributed by atoms with Crippen molar-refractivity contribution >= 4 is 40.3 Å². The first-order valence-corrected chi connectivity index (χ1v) is 11.1. The van der Waals surface area contributed by atoms with Crippen LogP contribution in [0.25, 0.3) is 23.1 Å². The van der Waals surface area contributed by atoms with Crippen LogP contribution < -0.4 is 5.32 Å². The van der Waals surface area contributed by atoms with Gasteiger partial charge in [0.2, 0.25) is 0 Å². The topological polar surface area (TPSA) is 37.4 Å². The lowest BCUT2D eigenvalue weighted by Gasteiger charge is -2.26. The van der Waals surface area contributed by atoms with Crippen LogP contribution >= 0.6 is 11.6 Å². The van der Waals surface area contributed by atoms with Crippen LogP contribution in [0.2, 0.25) is 5.02 Å². The summed E-state index contributed by atoms with van der Waals surface area (Å²) >= 11 is 6.24. The van der Waals surface area contributed by atoms with Crippen LogP contribution in [0, 0.1) is 5.82 Å². The van der Waals surface area contributed by atoms with Gasteiger partial charge in [0.05, 0.1) is 24.4 Å². The highest BCUT2D eigenvalue weighted by molar-refractivity contribution is 6.31. The Morgan fingerprint density at radius 1 is 1.03 bits per heavy atom. The second-order valence-corrected chi connectivity index (χ2v) is 8.17. The summed E-state index contributed by atoms with van der Waals surface area (Å²) in [5.74, 6) is -0.238. The number of fused-ring (bicyclic) bond motifs is 1. The zero-order valence-corrected chi connectivity index (χ0v) is 18.2. The van der Waals surface area contributed by atoms with Gasteiger partial charge < -0.3 is 10.1 Å². The van der Waals surface area contributed by atoms with Crippen LogP contribution in [0.1, 0.15) is 24.1 Å². The molecule has 0 radical (unpaired) electrons. The van der Waals surface area contributed by atoms with Gasteiger partial charge >= 0.3 is 0 Å². The molecule has 1 N–H and O–H groups in total. The summed E-state index contributed by atoms with van der Waals surface area (Å²) in [7, 11) is 0. The van der Waals surface area contributed by atoms with E-state index in [0.717, 1.165) is 80.1 Å². The Labute approximate surface area is 187 Å². The fourth-order valence-electron chi connectivity index (χ4n) is 3.71. The molecule has 4 nitrogen and oxygen atoms in total. The Kier molecular flexibility index (Phi) is 7.52. The Morgan fingerprint density at radius 3 is 2.65 bits per heavy atom. The van der Waals surface area contributed by atoms with Gasteiger partial charge in [0.25, 0.3) is 0 Å². The molecule has 1 aliphatic rings. The summed E-state index contributed by atoms with van der Waals surface area (Å²) in [6, 6.07) is 14.2. The van der Waals surface area contributed by atoms with Crippen LogP contribution in [0.4, 0.5) is 10.1 Å². The fourth-order valence-corrected chi connectivity index (χ4v) is 3.89. The number of nitrogens with one attached hydrogen (secondary N) is 1. The number of benzene rings is 2. The minimum atomic E-state index is -0.238. The van der Waals surface area contributed by atoms with E-state index in [-0.39, 0.29) is 5.82 Å². The maximum absolute atomic E-state index is 13.1. The number of aromatic nitrogens is 1. The summed E-state index contributed by atoms with van der Waals surface area (Å²) in [4.78, 5) is 7.20. The van der Waals surface area contributed by atoms with Crippen molar-refractivity contribution in [1.82, 2.24) is 9.88 Å². The van der Waals surface area contributed by atoms with Crippen LogP contribution in [0.3, 0.4) is 0 Å². The zero-order valence-electron chi connectivity index (χ0n) is 17.5. The van der Waals surface area contributed by atoms with E-state index in [9.17, 15) is 4.39 Å². The number of hydrogen-bond acceptors (Lipinski definition) is 4. The van der Waals surface area contributed by atoms with E-state index < -0.39 is 0 Å². The van der Waals surface area contributed by atoms with E-state index in [0.29, 0.717) is 5.02 Å². The molecule has 0 spiro atoms. The van der Waals surface area contributed by atoms with Gasteiger partial charge in [-0.2, -0.15) is 0 Å². The third-order valence-corrected chi connectivity index (χ3v) is 5.66. The largest absolute Gasteiger partial charge is 0.384 e. The number of halogens is 2. The summed E-state index contributed by atoms with van der Waals surface area (Å²) in [5.41, 5.74) is 3.69. The van der Waals surface area contributed by atoms with Crippen molar-refractivity contribution < 1.29 is 9.13 Å². The lowest BCUT2D eigenvalue weighted by Crippen LogP contribution is -2.36. The molecular weight excluding hydrogens is 413 g/mol. The zero-order chi connectivity index (χ0) is 21.5. The number of anilines is 1. The molecule has 2 heterocycles. The van der Waals surface area contributed by atoms with Gasteiger partial charge in [-0.15, -0.1) is 0 Å². The van der Waals surface area contributed by atoms with Gasteiger partial charge in [-0.05, 0) is 67.4 Å². The Balaban J connectivity index is 1.43. The third kappa shape index (κ3) is 6.26. The van der Waals surface area contributed by atoms with Crippen molar-refractivity contribution in [2.75, 3.05) is 44.7 Å². The Bertz CT molecular complexity index is 1030. The first-order chi connectivity index (χ1) is 15.2. The number of ether oxygens (including phenoxy) is 1. The maximum Gasteiger partial charge on any atom is 0.123 e. The molecule has 0 bridgehead atoms. The van der Waals surface area contributed by atoms with Crippen LogP contribution in [0.5, 0.6) is 0 Å². The average molecular weight is 440 g/mol. The predicted molar refractivity (Wildman–Crippen MR) is 127 cm³/mol. The Morgan fingerprint density at radius 2 is 1.84 bits per heavy atom. The molecule has 0 aliphatic carbocycles. The quantitative estimate of drug-likeness (QED) is 0.455. The number of pyridine rings is 1. The van der Waals surface area contributed by atoms with E-state index >= 15 is 0 Å². The number of nitrogens with zero attached hydrogens (tertiary/aromatic N) is 2. The monoisotopic (exact) mass is 439 g/mol. The summed E-state index contributed by atoms with van der Waals surface area (Å²) in [5, 5.41) is 5.28. The van der Waals surface area contributed by atoms with Crippen molar-refractivity contribution in [3.05, 3.63) is 70.6 Å². The molecule has 0 unspecified atom stereocenters.